The van der Waals surface area contributed by atoms with Crippen LogP contribution in [0.5, 0.6) is 0 Å². The molecule has 0 aromatic heterocycles. The van der Waals surface area contributed by atoms with Crippen molar-refractivity contribution in [2.75, 3.05) is 0 Å². The Bertz CT molecular complexity index is 225. The number of carboxylic acid groups (broad SMARTS) is 2. The molecule has 0 saturated carbocycles. The van der Waals surface area contributed by atoms with E-state index in [2.05, 4.69) is 6.92 Å². The Hall–Kier alpha value is -1.06. The van der Waals surface area contributed by atoms with Crippen LogP contribution in [0.3, 0.4) is 0 Å². The zero-order chi connectivity index (χ0) is 11.9. The van der Waals surface area contributed by atoms with E-state index in [1.165, 1.54) is 6.92 Å². The van der Waals surface area contributed by atoms with Crippen LogP contribution in [0, 0.1) is 5.41 Å². The van der Waals surface area contributed by atoms with Crippen molar-refractivity contribution >= 4 is 11.9 Å². The molecule has 4 nitrogen and oxygen atoms in total. The molecule has 0 aliphatic heterocycles. The van der Waals surface area contributed by atoms with Crippen LogP contribution in [0.15, 0.2) is 0 Å². The van der Waals surface area contributed by atoms with Crippen LogP contribution in [-0.4, -0.2) is 22.2 Å². The SMILES string of the molecule is CCCCCCC(C)(CC(=O)O)C(=O)O. The van der Waals surface area contributed by atoms with E-state index in [9.17, 15) is 9.59 Å². The summed E-state index contributed by atoms with van der Waals surface area (Å²) < 4.78 is 0. The number of unbranched alkanes of at least 4 members (excludes halogenated alkanes) is 3. The minimum Gasteiger partial charge on any atom is -0.481 e. The van der Waals surface area contributed by atoms with E-state index in [0.717, 1.165) is 25.7 Å². The van der Waals surface area contributed by atoms with Gasteiger partial charge in [0, 0.05) is 0 Å². The van der Waals surface area contributed by atoms with Crippen molar-refractivity contribution in [1.82, 2.24) is 0 Å². The fourth-order valence-electron chi connectivity index (χ4n) is 1.55. The summed E-state index contributed by atoms with van der Waals surface area (Å²) in [4.78, 5) is 21.5. The molecule has 0 radical (unpaired) electrons. The smallest absolute Gasteiger partial charge is 0.309 e. The second-order valence-corrected chi connectivity index (χ2v) is 4.25. The zero-order valence-corrected chi connectivity index (χ0v) is 9.45. The van der Waals surface area contributed by atoms with Gasteiger partial charge in [0.15, 0.2) is 0 Å². The van der Waals surface area contributed by atoms with Gasteiger partial charge in [0.25, 0.3) is 0 Å². The average Bonchev–Trinajstić information content (AvgIpc) is 2.11. The van der Waals surface area contributed by atoms with Crippen LogP contribution in [-0.2, 0) is 9.59 Å². The highest BCUT2D eigenvalue weighted by molar-refractivity contribution is 5.80. The van der Waals surface area contributed by atoms with E-state index in [4.69, 9.17) is 10.2 Å². The average molecular weight is 216 g/mol. The third kappa shape index (κ3) is 5.40. The maximum Gasteiger partial charge on any atom is 0.309 e. The minimum atomic E-state index is -1.11. The number of hydrogen-bond acceptors (Lipinski definition) is 2. The monoisotopic (exact) mass is 216 g/mol. The van der Waals surface area contributed by atoms with Crippen molar-refractivity contribution < 1.29 is 19.8 Å². The van der Waals surface area contributed by atoms with Crippen molar-refractivity contribution in [1.29, 1.82) is 0 Å². The molecule has 0 heterocycles. The second kappa shape index (κ2) is 6.43. The largest absolute Gasteiger partial charge is 0.481 e. The Balaban J connectivity index is 4.14. The molecule has 0 aromatic rings. The van der Waals surface area contributed by atoms with Crippen molar-refractivity contribution in [3.8, 4) is 0 Å². The lowest BCUT2D eigenvalue weighted by atomic mass is 9.81. The van der Waals surface area contributed by atoms with Crippen molar-refractivity contribution in [2.45, 2.75) is 52.4 Å². The first-order chi connectivity index (χ1) is 6.92. The molecule has 1 atom stereocenters. The Morgan fingerprint density at radius 2 is 1.73 bits per heavy atom. The highest BCUT2D eigenvalue weighted by Crippen LogP contribution is 2.29. The van der Waals surface area contributed by atoms with Crippen molar-refractivity contribution in [3.63, 3.8) is 0 Å². The Kier molecular flexibility index (Phi) is 5.97. The van der Waals surface area contributed by atoms with Crippen LogP contribution in [0.2, 0.25) is 0 Å². The molecule has 0 rings (SSSR count). The highest BCUT2D eigenvalue weighted by Gasteiger charge is 2.34. The van der Waals surface area contributed by atoms with Gasteiger partial charge in [-0.1, -0.05) is 32.6 Å². The van der Waals surface area contributed by atoms with Gasteiger partial charge in [0.2, 0.25) is 0 Å². The van der Waals surface area contributed by atoms with E-state index >= 15 is 0 Å². The summed E-state index contributed by atoms with van der Waals surface area (Å²) >= 11 is 0. The van der Waals surface area contributed by atoms with Gasteiger partial charge in [-0.15, -0.1) is 0 Å². The molecule has 2 N–H and O–H groups in total. The summed E-state index contributed by atoms with van der Waals surface area (Å²) in [7, 11) is 0. The first-order valence-corrected chi connectivity index (χ1v) is 5.37. The third-order valence-electron chi connectivity index (χ3n) is 2.64. The molecule has 0 fully saturated rings. The fourth-order valence-corrected chi connectivity index (χ4v) is 1.55. The minimum absolute atomic E-state index is 0.297. The van der Waals surface area contributed by atoms with Gasteiger partial charge in [-0.05, 0) is 13.3 Å². The van der Waals surface area contributed by atoms with Crippen LogP contribution < -0.4 is 0 Å². The van der Waals surface area contributed by atoms with Gasteiger partial charge >= 0.3 is 11.9 Å². The third-order valence-corrected chi connectivity index (χ3v) is 2.64. The van der Waals surface area contributed by atoms with Crippen LogP contribution >= 0.6 is 0 Å². The predicted octanol–water partition coefficient (Wildman–Crippen LogP) is 2.52. The quantitative estimate of drug-likeness (QED) is 0.611. The van der Waals surface area contributed by atoms with E-state index < -0.39 is 17.4 Å². The highest BCUT2D eigenvalue weighted by atomic mass is 16.4. The van der Waals surface area contributed by atoms with Gasteiger partial charge in [-0.25, -0.2) is 0 Å². The summed E-state index contributed by atoms with van der Waals surface area (Å²) in [6, 6.07) is 0. The number of rotatable bonds is 8. The maximum absolute atomic E-state index is 11.0. The van der Waals surface area contributed by atoms with Crippen LogP contribution in [0.4, 0.5) is 0 Å². The van der Waals surface area contributed by atoms with Gasteiger partial charge in [-0.2, -0.15) is 0 Å². The topological polar surface area (TPSA) is 74.6 Å². The molecular weight excluding hydrogens is 196 g/mol. The Labute approximate surface area is 90.3 Å². The molecular formula is C11H20O4. The standard InChI is InChI=1S/C11H20O4/c1-3-4-5-6-7-11(2,10(14)15)8-9(12)13/h3-8H2,1-2H3,(H,12,13)(H,14,15). The molecule has 88 valence electrons. The summed E-state index contributed by atoms with van der Waals surface area (Å²) in [5.41, 5.74) is -1.11. The zero-order valence-electron chi connectivity index (χ0n) is 9.45. The van der Waals surface area contributed by atoms with Crippen LogP contribution in [0.25, 0.3) is 0 Å². The molecule has 0 spiro atoms. The van der Waals surface area contributed by atoms with E-state index in [-0.39, 0.29) is 6.42 Å². The normalized spacial score (nSPS) is 14.5. The molecule has 0 saturated heterocycles. The maximum atomic E-state index is 11.0. The molecule has 4 heteroatoms. The molecule has 15 heavy (non-hydrogen) atoms. The molecule has 0 aromatic carbocycles. The van der Waals surface area contributed by atoms with Gasteiger partial charge in [0.1, 0.15) is 0 Å². The summed E-state index contributed by atoms with van der Waals surface area (Å²) in [6.45, 7) is 3.59. The fraction of sp³-hybridized carbons (Fsp3) is 0.818. The van der Waals surface area contributed by atoms with Crippen LogP contribution in [0.1, 0.15) is 52.4 Å². The first kappa shape index (κ1) is 13.9. The predicted molar refractivity (Wildman–Crippen MR) is 56.8 cm³/mol. The van der Waals surface area contributed by atoms with Gasteiger partial charge in [0.05, 0.1) is 11.8 Å². The van der Waals surface area contributed by atoms with Gasteiger partial charge < -0.3 is 10.2 Å². The molecule has 0 aliphatic carbocycles. The lowest BCUT2D eigenvalue weighted by Gasteiger charge is -2.22. The number of hydrogen-bond donors (Lipinski definition) is 2. The summed E-state index contributed by atoms with van der Waals surface area (Å²) in [5, 5.41) is 17.6. The van der Waals surface area contributed by atoms with Crippen molar-refractivity contribution in [3.05, 3.63) is 0 Å². The van der Waals surface area contributed by atoms with E-state index in [1.807, 2.05) is 0 Å². The molecule has 0 bridgehead atoms. The van der Waals surface area contributed by atoms with E-state index in [1.54, 1.807) is 0 Å². The summed E-state index contributed by atoms with van der Waals surface area (Å²) in [6.07, 6.45) is 4.05. The summed E-state index contributed by atoms with van der Waals surface area (Å²) in [5.74, 6) is -2.06. The molecule has 0 aliphatic rings. The van der Waals surface area contributed by atoms with Gasteiger partial charge in [-0.3, -0.25) is 9.59 Å². The van der Waals surface area contributed by atoms with Crippen molar-refractivity contribution in [2.24, 2.45) is 5.41 Å². The molecule has 1 unspecified atom stereocenters. The lowest BCUT2D eigenvalue weighted by molar-refractivity contribution is -0.155. The van der Waals surface area contributed by atoms with E-state index in [0.29, 0.717) is 6.42 Å². The molecule has 0 amide bonds. The first-order valence-electron chi connectivity index (χ1n) is 5.37. The lowest BCUT2D eigenvalue weighted by Crippen LogP contribution is -2.30. The number of carboxylic acids is 2. The Morgan fingerprint density at radius 1 is 1.13 bits per heavy atom. The Morgan fingerprint density at radius 3 is 2.13 bits per heavy atom. The second-order valence-electron chi connectivity index (χ2n) is 4.25. The number of carbonyl (C=O) groups is 2. The number of aliphatic carboxylic acids is 2.